The highest BCUT2D eigenvalue weighted by Crippen LogP contribution is 2.32. The summed E-state index contributed by atoms with van der Waals surface area (Å²) < 4.78 is 0. The van der Waals surface area contributed by atoms with Gasteiger partial charge in [0.1, 0.15) is 0 Å². The Bertz CT molecular complexity index is 302. The van der Waals surface area contributed by atoms with Gasteiger partial charge in [-0.3, -0.25) is 0 Å². The zero-order chi connectivity index (χ0) is 10.7. The molecule has 0 saturated carbocycles. The van der Waals surface area contributed by atoms with Gasteiger partial charge in [0.25, 0.3) is 0 Å². The summed E-state index contributed by atoms with van der Waals surface area (Å²) in [6.07, 6.45) is 1.54. The van der Waals surface area contributed by atoms with Crippen LogP contribution in [-0.4, -0.2) is 29.6 Å². The van der Waals surface area contributed by atoms with Crippen LogP contribution in [0.25, 0.3) is 0 Å². The van der Waals surface area contributed by atoms with E-state index in [-0.39, 0.29) is 0 Å². The maximum Gasteiger partial charge on any atom is 0.0920 e. The Labute approximate surface area is 91.5 Å². The quantitative estimate of drug-likeness (QED) is 0.790. The van der Waals surface area contributed by atoms with E-state index in [0.717, 1.165) is 31.5 Å². The first kappa shape index (κ1) is 10.7. The molecule has 2 rings (SSSR count). The van der Waals surface area contributed by atoms with Gasteiger partial charge in [0.15, 0.2) is 0 Å². The molecule has 0 unspecified atom stereocenters. The van der Waals surface area contributed by atoms with Crippen LogP contribution in [0.15, 0.2) is 30.3 Å². The van der Waals surface area contributed by atoms with Crippen molar-refractivity contribution in [2.24, 2.45) is 0 Å². The molecule has 0 amide bonds. The van der Waals surface area contributed by atoms with Gasteiger partial charge in [-0.2, -0.15) is 0 Å². The number of benzene rings is 1. The normalized spacial score (nSPS) is 21.5. The molecule has 0 spiro atoms. The number of likely N-dealkylation sites (tertiary alicyclic amines) is 1. The fourth-order valence-corrected chi connectivity index (χ4v) is 2.14. The van der Waals surface area contributed by atoms with Crippen LogP contribution in [0.1, 0.15) is 18.4 Å². The van der Waals surface area contributed by atoms with Gasteiger partial charge in [0.2, 0.25) is 0 Å². The molecule has 2 nitrogen and oxygen atoms in total. The van der Waals surface area contributed by atoms with E-state index in [1.54, 1.807) is 0 Å². The van der Waals surface area contributed by atoms with Crippen LogP contribution in [0.2, 0.25) is 0 Å². The van der Waals surface area contributed by atoms with Crippen molar-refractivity contribution in [1.82, 2.24) is 4.90 Å². The highest BCUT2D eigenvalue weighted by molar-refractivity contribution is 5.22. The largest absolute Gasteiger partial charge is 0.385 e. The Morgan fingerprint density at radius 3 is 2.33 bits per heavy atom. The predicted molar refractivity (Wildman–Crippen MR) is 60.3 cm³/mol. The van der Waals surface area contributed by atoms with E-state index < -0.39 is 5.60 Å². The summed E-state index contributed by atoms with van der Waals surface area (Å²) in [5.41, 5.74) is 0.383. The Morgan fingerprint density at radius 1 is 1.20 bits per heavy atom. The van der Waals surface area contributed by atoms with Crippen molar-refractivity contribution < 1.29 is 5.11 Å². The SMILES string of the molecule is [CH]CN1CCC(O)(c2ccccc2)CC1. The predicted octanol–water partition coefficient (Wildman–Crippen LogP) is 1.68. The van der Waals surface area contributed by atoms with Gasteiger partial charge in [-0.15, -0.1) is 0 Å². The molecule has 1 aliphatic heterocycles. The second-order valence-corrected chi connectivity index (χ2v) is 4.20. The second-order valence-electron chi connectivity index (χ2n) is 4.20. The van der Waals surface area contributed by atoms with Crippen molar-refractivity contribution in [3.8, 4) is 0 Å². The van der Waals surface area contributed by atoms with E-state index in [4.69, 9.17) is 6.92 Å². The van der Waals surface area contributed by atoms with Crippen molar-refractivity contribution in [3.63, 3.8) is 0 Å². The fourth-order valence-electron chi connectivity index (χ4n) is 2.14. The Morgan fingerprint density at radius 2 is 1.80 bits per heavy atom. The molecule has 15 heavy (non-hydrogen) atoms. The number of piperidine rings is 1. The summed E-state index contributed by atoms with van der Waals surface area (Å²) in [5.74, 6) is 0. The lowest BCUT2D eigenvalue weighted by Gasteiger charge is -2.38. The molecule has 0 aliphatic carbocycles. The third-order valence-corrected chi connectivity index (χ3v) is 3.25. The van der Waals surface area contributed by atoms with Gasteiger partial charge < -0.3 is 10.0 Å². The summed E-state index contributed by atoms with van der Waals surface area (Å²) >= 11 is 0. The van der Waals surface area contributed by atoms with Crippen LogP contribution in [0.5, 0.6) is 0 Å². The lowest BCUT2D eigenvalue weighted by atomic mass is 9.84. The zero-order valence-electron chi connectivity index (χ0n) is 8.89. The minimum atomic E-state index is -0.646. The van der Waals surface area contributed by atoms with Gasteiger partial charge in [0.05, 0.1) is 5.60 Å². The van der Waals surface area contributed by atoms with E-state index >= 15 is 0 Å². The molecule has 80 valence electrons. The van der Waals surface area contributed by atoms with Crippen LogP contribution in [0.4, 0.5) is 0 Å². The summed E-state index contributed by atoms with van der Waals surface area (Å²) in [4.78, 5) is 2.16. The number of nitrogens with zero attached hydrogens (tertiary/aromatic N) is 1. The molecule has 1 N–H and O–H groups in total. The van der Waals surface area contributed by atoms with Crippen LogP contribution in [0, 0.1) is 6.92 Å². The van der Waals surface area contributed by atoms with Crippen molar-refractivity contribution in [1.29, 1.82) is 0 Å². The number of hydrogen-bond acceptors (Lipinski definition) is 2. The van der Waals surface area contributed by atoms with Crippen molar-refractivity contribution >= 4 is 0 Å². The van der Waals surface area contributed by atoms with E-state index in [9.17, 15) is 5.11 Å². The van der Waals surface area contributed by atoms with Crippen molar-refractivity contribution in [2.45, 2.75) is 18.4 Å². The second kappa shape index (κ2) is 4.33. The first-order valence-corrected chi connectivity index (χ1v) is 5.45. The molecule has 1 aliphatic rings. The van der Waals surface area contributed by atoms with Gasteiger partial charge in [-0.05, 0) is 25.3 Å². The molecule has 1 aromatic rings. The van der Waals surface area contributed by atoms with E-state index in [2.05, 4.69) is 4.90 Å². The molecule has 1 saturated heterocycles. The molecule has 1 heterocycles. The van der Waals surface area contributed by atoms with Crippen molar-refractivity contribution in [3.05, 3.63) is 42.8 Å². The maximum absolute atomic E-state index is 10.5. The third-order valence-electron chi connectivity index (χ3n) is 3.25. The zero-order valence-corrected chi connectivity index (χ0v) is 8.89. The topological polar surface area (TPSA) is 23.5 Å². The van der Waals surface area contributed by atoms with Gasteiger partial charge in [-0.1, -0.05) is 30.3 Å². The van der Waals surface area contributed by atoms with Gasteiger partial charge in [-0.25, -0.2) is 0 Å². The fraction of sp³-hybridized carbons (Fsp3) is 0.462. The minimum Gasteiger partial charge on any atom is -0.385 e. The minimum absolute atomic E-state index is 0.588. The standard InChI is InChI=1S/C13H17NO/c1-2-14-10-8-13(15,9-11-14)12-6-4-3-5-7-12/h1,3-7,15H,2,8-11H2. The number of rotatable bonds is 2. The average Bonchev–Trinajstić information content (AvgIpc) is 2.31. The van der Waals surface area contributed by atoms with E-state index in [0.29, 0.717) is 6.54 Å². The molecule has 1 fully saturated rings. The highest BCUT2D eigenvalue weighted by atomic mass is 16.3. The highest BCUT2D eigenvalue weighted by Gasteiger charge is 2.33. The summed E-state index contributed by atoms with van der Waals surface area (Å²) in [7, 11) is 0. The number of hydrogen-bond donors (Lipinski definition) is 1. The first-order chi connectivity index (χ1) is 7.24. The van der Waals surface area contributed by atoms with Gasteiger partial charge in [0, 0.05) is 19.6 Å². The third kappa shape index (κ3) is 2.21. The summed E-state index contributed by atoms with van der Waals surface area (Å²) in [6, 6.07) is 9.92. The maximum atomic E-state index is 10.5. The van der Waals surface area contributed by atoms with Gasteiger partial charge >= 0.3 is 0 Å². The van der Waals surface area contributed by atoms with Crippen molar-refractivity contribution in [2.75, 3.05) is 19.6 Å². The molecular formula is C13H17NO. The molecule has 1 aromatic carbocycles. The average molecular weight is 203 g/mol. The van der Waals surface area contributed by atoms with Crippen LogP contribution < -0.4 is 0 Å². The van der Waals surface area contributed by atoms with E-state index in [1.807, 2.05) is 30.3 Å². The van der Waals surface area contributed by atoms with Crippen LogP contribution in [-0.2, 0) is 5.60 Å². The van der Waals surface area contributed by atoms with Crippen LogP contribution >= 0.6 is 0 Å². The molecular weight excluding hydrogens is 186 g/mol. The first-order valence-electron chi connectivity index (χ1n) is 5.45. The Balaban J connectivity index is 2.10. The smallest absolute Gasteiger partial charge is 0.0920 e. The Kier molecular flexibility index (Phi) is 3.08. The summed E-state index contributed by atoms with van der Waals surface area (Å²) in [6.45, 7) is 7.92. The monoisotopic (exact) mass is 203 g/mol. The van der Waals surface area contributed by atoms with Crippen LogP contribution in [0.3, 0.4) is 0 Å². The molecule has 0 atom stereocenters. The molecule has 0 bridgehead atoms. The number of aliphatic hydroxyl groups is 1. The lowest BCUT2D eigenvalue weighted by Crippen LogP contribution is -2.42. The summed E-state index contributed by atoms with van der Waals surface area (Å²) in [5, 5.41) is 10.5. The molecule has 0 aromatic heterocycles. The molecule has 2 heteroatoms. The lowest BCUT2D eigenvalue weighted by molar-refractivity contribution is -0.0235. The van der Waals surface area contributed by atoms with E-state index in [1.165, 1.54) is 0 Å². The Hall–Kier alpha value is -0.860. The molecule has 2 radical (unpaired) electrons.